The molecule has 10 nitrogen and oxygen atoms in total. The Morgan fingerprint density at radius 2 is 1.76 bits per heavy atom. The van der Waals surface area contributed by atoms with Gasteiger partial charge in [0.15, 0.2) is 5.65 Å². The molecule has 4 aromatic rings. The van der Waals surface area contributed by atoms with Gasteiger partial charge < -0.3 is 15.0 Å². The molecule has 170 valence electrons. The molecule has 0 radical (unpaired) electrons. The molecule has 1 saturated carbocycles. The van der Waals surface area contributed by atoms with Crippen molar-refractivity contribution in [2.45, 2.75) is 42.7 Å². The number of carbonyl (C=O) groups is 1. The lowest BCUT2D eigenvalue weighted by molar-refractivity contribution is 0.182. The maximum absolute atomic E-state index is 13.2. The zero-order valence-electron chi connectivity index (χ0n) is 17.5. The van der Waals surface area contributed by atoms with E-state index < -0.39 is 16.1 Å². The summed E-state index contributed by atoms with van der Waals surface area (Å²) in [6.45, 7) is 0. The van der Waals surface area contributed by atoms with Crippen LogP contribution in [0.4, 0.5) is 4.79 Å². The van der Waals surface area contributed by atoms with Crippen LogP contribution in [0.5, 0.6) is 0 Å². The third-order valence-electron chi connectivity index (χ3n) is 6.11. The van der Waals surface area contributed by atoms with E-state index in [2.05, 4.69) is 15.3 Å². The average Bonchev–Trinajstić information content (AvgIpc) is 3.25. The zero-order chi connectivity index (χ0) is 23.2. The minimum absolute atomic E-state index is 0.136. The molecular weight excluding hydrogens is 446 g/mol. The lowest BCUT2D eigenvalue weighted by Gasteiger charge is -2.30. The number of pyridine rings is 1. The molecule has 1 aliphatic rings. The van der Waals surface area contributed by atoms with Gasteiger partial charge in [-0.1, -0.05) is 18.2 Å². The fraction of sp³-hybridized carbons (Fsp3) is 0.273. The van der Waals surface area contributed by atoms with Crippen molar-refractivity contribution in [3.05, 3.63) is 65.3 Å². The van der Waals surface area contributed by atoms with E-state index in [9.17, 15) is 18.0 Å². The van der Waals surface area contributed by atoms with Gasteiger partial charge in [0, 0.05) is 23.7 Å². The van der Waals surface area contributed by atoms with Crippen LogP contribution in [0.2, 0.25) is 0 Å². The predicted molar refractivity (Wildman–Crippen MR) is 121 cm³/mol. The van der Waals surface area contributed by atoms with Crippen LogP contribution in [-0.2, 0) is 10.0 Å². The molecule has 1 fully saturated rings. The summed E-state index contributed by atoms with van der Waals surface area (Å²) in [5.74, 6) is 0. The molecule has 11 heteroatoms. The Labute approximate surface area is 188 Å². The highest BCUT2D eigenvalue weighted by molar-refractivity contribution is 7.90. The van der Waals surface area contributed by atoms with Gasteiger partial charge in [0.05, 0.1) is 22.8 Å². The number of aromatic nitrogens is 4. The van der Waals surface area contributed by atoms with Crippen LogP contribution < -0.4 is 10.9 Å². The largest absolute Gasteiger partial charge is 0.465 e. The van der Waals surface area contributed by atoms with Crippen molar-refractivity contribution in [1.82, 2.24) is 23.8 Å². The molecule has 33 heavy (non-hydrogen) atoms. The van der Waals surface area contributed by atoms with Crippen LogP contribution in [0.15, 0.2) is 64.7 Å². The summed E-state index contributed by atoms with van der Waals surface area (Å²) < 4.78 is 29.2. The minimum Gasteiger partial charge on any atom is -0.465 e. The smallest absolute Gasteiger partial charge is 0.404 e. The number of carboxylic acid groups (broad SMARTS) is 1. The van der Waals surface area contributed by atoms with Gasteiger partial charge in [0.1, 0.15) is 5.52 Å². The van der Waals surface area contributed by atoms with Crippen molar-refractivity contribution in [2.75, 3.05) is 0 Å². The lowest BCUT2D eigenvalue weighted by atomic mass is 9.90. The van der Waals surface area contributed by atoms with E-state index in [1.165, 1.54) is 30.7 Å². The summed E-state index contributed by atoms with van der Waals surface area (Å²) in [6, 6.07) is 9.41. The van der Waals surface area contributed by atoms with Crippen LogP contribution >= 0.6 is 0 Å². The van der Waals surface area contributed by atoms with Gasteiger partial charge in [-0.2, -0.15) is 0 Å². The van der Waals surface area contributed by atoms with E-state index >= 15 is 0 Å². The fourth-order valence-electron chi connectivity index (χ4n) is 4.60. The second-order valence-corrected chi connectivity index (χ2v) is 9.90. The van der Waals surface area contributed by atoms with E-state index in [0.717, 1.165) is 3.97 Å². The van der Waals surface area contributed by atoms with E-state index in [-0.39, 0.29) is 28.2 Å². The van der Waals surface area contributed by atoms with Crippen molar-refractivity contribution >= 4 is 38.2 Å². The summed E-state index contributed by atoms with van der Waals surface area (Å²) in [4.78, 5) is 32.6. The maximum atomic E-state index is 13.2. The highest BCUT2D eigenvalue weighted by atomic mass is 32.2. The number of hydrogen-bond donors (Lipinski definition) is 2. The number of nitrogens with one attached hydrogen (secondary N) is 1. The molecular formula is C22H21N5O5S. The van der Waals surface area contributed by atoms with E-state index in [1.807, 2.05) is 0 Å². The first-order chi connectivity index (χ1) is 15.9. The van der Waals surface area contributed by atoms with Gasteiger partial charge in [-0.05, 0) is 43.9 Å². The first kappa shape index (κ1) is 21.1. The van der Waals surface area contributed by atoms with Crippen molar-refractivity contribution in [2.24, 2.45) is 0 Å². The number of nitrogens with zero attached hydrogens (tertiary/aromatic N) is 4. The Hall–Kier alpha value is -3.73. The topological polar surface area (TPSA) is 136 Å². The number of benzene rings is 1. The van der Waals surface area contributed by atoms with Crippen LogP contribution in [0.3, 0.4) is 0 Å². The van der Waals surface area contributed by atoms with Gasteiger partial charge in [-0.25, -0.2) is 27.2 Å². The second-order valence-electron chi connectivity index (χ2n) is 8.08. The van der Waals surface area contributed by atoms with E-state index in [1.54, 1.807) is 28.8 Å². The highest BCUT2D eigenvalue weighted by Crippen LogP contribution is 2.32. The normalized spacial score (nSPS) is 19.0. The molecule has 0 saturated heterocycles. The molecule has 0 spiro atoms. The Bertz CT molecular complexity index is 1520. The minimum atomic E-state index is -3.88. The highest BCUT2D eigenvalue weighted by Gasteiger charge is 2.27. The van der Waals surface area contributed by atoms with Crippen LogP contribution in [-0.4, -0.2) is 44.2 Å². The maximum Gasteiger partial charge on any atom is 0.404 e. The summed E-state index contributed by atoms with van der Waals surface area (Å²) in [5, 5.41) is 12.0. The van der Waals surface area contributed by atoms with Gasteiger partial charge >= 0.3 is 6.09 Å². The standard InChI is InChI=1S/C22H21N5O5S/c28-19-13-23-18-12-24-21-17(10-11-26(21)33(31,32)16-4-2-1-3-5-16)20(18)27(19)15-8-6-14(7-9-15)25-22(29)30/h1-5,10-15,25H,6-9H2,(H,29,30). The molecule has 0 aliphatic heterocycles. The quantitative estimate of drug-likeness (QED) is 0.471. The second kappa shape index (κ2) is 8.00. The summed E-state index contributed by atoms with van der Waals surface area (Å²) in [7, 11) is -3.88. The molecule has 5 rings (SSSR count). The van der Waals surface area contributed by atoms with Gasteiger partial charge in [-0.3, -0.25) is 4.79 Å². The number of fused-ring (bicyclic) bond motifs is 3. The van der Waals surface area contributed by atoms with Gasteiger partial charge in [0.2, 0.25) is 0 Å². The Morgan fingerprint density at radius 3 is 2.45 bits per heavy atom. The number of amides is 1. The van der Waals surface area contributed by atoms with E-state index in [0.29, 0.717) is 42.1 Å². The van der Waals surface area contributed by atoms with Crippen molar-refractivity contribution in [1.29, 1.82) is 0 Å². The lowest BCUT2D eigenvalue weighted by Crippen LogP contribution is -2.38. The zero-order valence-corrected chi connectivity index (χ0v) is 18.3. The molecule has 0 bridgehead atoms. The SMILES string of the molecule is O=C(O)NC1CCC(n2c(=O)cnc3cnc4c(ccn4S(=O)(=O)c4ccccc4)c32)CC1. The number of hydrogen-bond acceptors (Lipinski definition) is 6. The van der Waals surface area contributed by atoms with Crippen molar-refractivity contribution in [3.8, 4) is 0 Å². The summed E-state index contributed by atoms with van der Waals surface area (Å²) in [5.41, 5.74) is 0.948. The molecule has 3 aromatic heterocycles. The Kier molecular flexibility index (Phi) is 5.12. The molecule has 1 amide bonds. The van der Waals surface area contributed by atoms with Crippen LogP contribution in [0, 0.1) is 0 Å². The third kappa shape index (κ3) is 3.63. The molecule has 1 aliphatic carbocycles. The van der Waals surface area contributed by atoms with Crippen molar-refractivity contribution < 1.29 is 18.3 Å². The van der Waals surface area contributed by atoms with Crippen LogP contribution in [0.25, 0.3) is 22.1 Å². The third-order valence-corrected chi connectivity index (χ3v) is 7.80. The molecule has 2 N–H and O–H groups in total. The monoisotopic (exact) mass is 467 g/mol. The molecule has 1 aromatic carbocycles. The Morgan fingerprint density at radius 1 is 1.03 bits per heavy atom. The molecule has 0 atom stereocenters. The first-order valence-electron chi connectivity index (χ1n) is 10.5. The van der Waals surface area contributed by atoms with E-state index in [4.69, 9.17) is 5.11 Å². The van der Waals surface area contributed by atoms with Gasteiger partial charge in [-0.15, -0.1) is 0 Å². The summed E-state index contributed by atoms with van der Waals surface area (Å²) >= 11 is 0. The van der Waals surface area contributed by atoms with Gasteiger partial charge in [0.25, 0.3) is 15.6 Å². The van der Waals surface area contributed by atoms with Crippen molar-refractivity contribution in [3.63, 3.8) is 0 Å². The predicted octanol–water partition coefficient (Wildman–Crippen LogP) is 2.73. The average molecular weight is 468 g/mol. The number of rotatable bonds is 4. The Balaban J connectivity index is 1.63. The molecule has 3 heterocycles. The molecule has 0 unspecified atom stereocenters. The fourth-order valence-corrected chi connectivity index (χ4v) is 5.92. The van der Waals surface area contributed by atoms with Crippen LogP contribution in [0.1, 0.15) is 31.7 Å². The summed E-state index contributed by atoms with van der Waals surface area (Å²) in [6.07, 6.45) is 5.52. The first-order valence-corrected chi connectivity index (χ1v) is 12.0.